The Bertz CT molecular complexity index is 388. The van der Waals surface area contributed by atoms with Gasteiger partial charge in [0.15, 0.2) is 0 Å². The number of aliphatic hydroxyl groups is 1. The van der Waals surface area contributed by atoms with Gasteiger partial charge in [0.25, 0.3) is 0 Å². The van der Waals surface area contributed by atoms with Crippen LogP contribution in [0.5, 0.6) is 0 Å². The Morgan fingerprint density at radius 2 is 1.84 bits per heavy atom. The smallest absolute Gasteiger partial charge is 0.0772 e. The molecular weight excluding hydrogens is 302 g/mol. The van der Waals surface area contributed by atoms with Gasteiger partial charge in [0, 0.05) is 23.2 Å². The fourth-order valence-electron chi connectivity index (χ4n) is 2.33. The van der Waals surface area contributed by atoms with Crippen LogP contribution in [0.15, 0.2) is 22.7 Å². The van der Waals surface area contributed by atoms with E-state index in [0.717, 1.165) is 29.0 Å². The fraction of sp³-hybridized carbons (Fsp3) is 0.625. The maximum atomic E-state index is 9.67. The van der Waals surface area contributed by atoms with Crippen molar-refractivity contribution in [1.29, 1.82) is 0 Å². The third-order valence-electron chi connectivity index (χ3n) is 3.81. The average Bonchev–Trinajstić information content (AvgIpc) is 2.39. The highest BCUT2D eigenvalue weighted by Gasteiger charge is 2.13. The normalized spacial score (nSPS) is 12.8. The Balaban J connectivity index is 2.90. The highest BCUT2D eigenvalue weighted by atomic mass is 79.9. The summed E-state index contributed by atoms with van der Waals surface area (Å²) in [5, 5.41) is 9.67. The van der Waals surface area contributed by atoms with Crippen LogP contribution in [0.25, 0.3) is 0 Å². The van der Waals surface area contributed by atoms with E-state index < -0.39 is 6.10 Å². The van der Waals surface area contributed by atoms with Gasteiger partial charge in [-0.15, -0.1) is 0 Å². The number of halogens is 1. The monoisotopic (exact) mass is 327 g/mol. The zero-order valence-electron chi connectivity index (χ0n) is 12.5. The zero-order valence-corrected chi connectivity index (χ0v) is 14.1. The summed E-state index contributed by atoms with van der Waals surface area (Å²) in [4.78, 5) is 2.41. The van der Waals surface area contributed by atoms with Crippen LogP contribution in [0, 0.1) is 5.92 Å². The molecule has 1 rings (SSSR count). The molecule has 1 aromatic rings. The number of aliphatic hydroxyl groups excluding tert-OH is 1. The molecule has 0 saturated carbocycles. The van der Waals surface area contributed by atoms with Crippen LogP contribution in [0.2, 0.25) is 0 Å². The first-order valence-electron chi connectivity index (χ1n) is 7.25. The Morgan fingerprint density at radius 3 is 2.26 bits per heavy atom. The lowest BCUT2D eigenvalue weighted by Crippen LogP contribution is -2.29. The van der Waals surface area contributed by atoms with Crippen LogP contribution < -0.4 is 4.90 Å². The topological polar surface area (TPSA) is 23.5 Å². The summed E-state index contributed by atoms with van der Waals surface area (Å²) in [7, 11) is 0. The Kier molecular flexibility index (Phi) is 6.87. The molecule has 0 radical (unpaired) electrons. The minimum atomic E-state index is -0.433. The lowest BCUT2D eigenvalue weighted by atomic mass is 10.0. The number of hydrogen-bond donors (Lipinski definition) is 1. The predicted molar refractivity (Wildman–Crippen MR) is 86.7 cm³/mol. The quantitative estimate of drug-likeness (QED) is 0.780. The van der Waals surface area contributed by atoms with Crippen molar-refractivity contribution in [3.8, 4) is 0 Å². The van der Waals surface area contributed by atoms with E-state index in [0.29, 0.717) is 0 Å². The van der Waals surface area contributed by atoms with Crippen molar-refractivity contribution in [2.24, 2.45) is 5.92 Å². The van der Waals surface area contributed by atoms with Crippen LogP contribution in [-0.2, 0) is 0 Å². The lowest BCUT2D eigenvalue weighted by Gasteiger charge is -2.28. The van der Waals surface area contributed by atoms with Gasteiger partial charge in [0.1, 0.15) is 0 Å². The van der Waals surface area contributed by atoms with Gasteiger partial charge in [-0.25, -0.2) is 0 Å². The second kappa shape index (κ2) is 7.91. The number of hydrogen-bond acceptors (Lipinski definition) is 2. The van der Waals surface area contributed by atoms with Gasteiger partial charge in [0.2, 0.25) is 0 Å². The number of benzene rings is 1. The molecule has 0 saturated heterocycles. The summed E-state index contributed by atoms with van der Waals surface area (Å²) >= 11 is 3.56. The van der Waals surface area contributed by atoms with Gasteiger partial charge < -0.3 is 10.0 Å². The molecule has 19 heavy (non-hydrogen) atoms. The molecule has 0 aliphatic heterocycles. The molecule has 0 aliphatic carbocycles. The zero-order chi connectivity index (χ0) is 14.4. The fourth-order valence-corrected chi connectivity index (χ4v) is 3.03. The van der Waals surface area contributed by atoms with E-state index in [1.807, 2.05) is 6.07 Å². The van der Waals surface area contributed by atoms with Gasteiger partial charge in [-0.3, -0.25) is 0 Å². The number of nitrogens with zero attached hydrogens (tertiary/aromatic N) is 1. The van der Waals surface area contributed by atoms with Crippen molar-refractivity contribution in [2.45, 2.75) is 46.6 Å². The van der Waals surface area contributed by atoms with E-state index in [1.165, 1.54) is 18.5 Å². The van der Waals surface area contributed by atoms with Crippen molar-refractivity contribution in [3.05, 3.63) is 28.2 Å². The Morgan fingerprint density at radius 1 is 1.21 bits per heavy atom. The van der Waals surface area contributed by atoms with Gasteiger partial charge in [-0.2, -0.15) is 0 Å². The second-order valence-electron chi connectivity index (χ2n) is 5.10. The van der Waals surface area contributed by atoms with Crippen LogP contribution in [-0.4, -0.2) is 18.2 Å². The molecule has 0 fully saturated rings. The van der Waals surface area contributed by atoms with E-state index in [9.17, 15) is 5.11 Å². The van der Waals surface area contributed by atoms with Crippen LogP contribution in [0.3, 0.4) is 0 Å². The average molecular weight is 328 g/mol. The van der Waals surface area contributed by atoms with E-state index >= 15 is 0 Å². The molecule has 1 atom stereocenters. The summed E-state index contributed by atoms with van der Waals surface area (Å²) in [6.07, 6.45) is 2.01. The summed E-state index contributed by atoms with van der Waals surface area (Å²) in [5.41, 5.74) is 2.17. The predicted octanol–water partition coefficient (Wildman–Crippen LogP) is 4.76. The van der Waals surface area contributed by atoms with Gasteiger partial charge in [-0.05, 0) is 37.5 Å². The van der Waals surface area contributed by atoms with E-state index in [2.05, 4.69) is 53.7 Å². The van der Waals surface area contributed by atoms with Gasteiger partial charge in [-0.1, -0.05) is 48.7 Å². The van der Waals surface area contributed by atoms with E-state index in [-0.39, 0.29) is 0 Å². The summed E-state index contributed by atoms with van der Waals surface area (Å²) in [5.74, 6) is 0.746. The molecule has 0 amide bonds. The molecule has 2 nitrogen and oxygen atoms in total. The van der Waals surface area contributed by atoms with Crippen molar-refractivity contribution >= 4 is 21.6 Å². The largest absolute Gasteiger partial charge is 0.389 e. The first-order chi connectivity index (χ1) is 9.03. The molecule has 0 aromatic heterocycles. The molecule has 0 bridgehead atoms. The SMILES string of the molecule is CCC(CC)CN(CC)c1ccc([C@@H](C)O)c(Br)c1. The first kappa shape index (κ1) is 16.5. The third kappa shape index (κ3) is 4.50. The maximum Gasteiger partial charge on any atom is 0.0772 e. The maximum absolute atomic E-state index is 9.67. The third-order valence-corrected chi connectivity index (χ3v) is 4.50. The van der Waals surface area contributed by atoms with Crippen molar-refractivity contribution < 1.29 is 5.11 Å². The van der Waals surface area contributed by atoms with Crippen LogP contribution >= 0.6 is 15.9 Å². The molecule has 0 unspecified atom stereocenters. The van der Waals surface area contributed by atoms with Crippen LogP contribution in [0.1, 0.15) is 52.2 Å². The Labute approximate surface area is 126 Å². The van der Waals surface area contributed by atoms with Gasteiger partial charge in [0.05, 0.1) is 6.10 Å². The Hall–Kier alpha value is -0.540. The minimum Gasteiger partial charge on any atom is -0.389 e. The van der Waals surface area contributed by atoms with Crippen LogP contribution in [0.4, 0.5) is 5.69 Å². The molecule has 3 heteroatoms. The molecule has 0 aliphatic rings. The number of rotatable bonds is 7. The summed E-state index contributed by atoms with van der Waals surface area (Å²) in [6.45, 7) is 10.6. The van der Waals surface area contributed by atoms with E-state index in [4.69, 9.17) is 0 Å². The van der Waals surface area contributed by atoms with Crippen molar-refractivity contribution in [2.75, 3.05) is 18.0 Å². The highest BCUT2D eigenvalue weighted by molar-refractivity contribution is 9.10. The standard InChI is InChI=1S/C16H26BrNO/c1-5-13(6-2)11-18(7-3)14-8-9-15(12(4)19)16(17)10-14/h8-10,12-13,19H,5-7,11H2,1-4H3/t12-/m1/s1. The molecule has 0 spiro atoms. The highest BCUT2D eigenvalue weighted by Crippen LogP contribution is 2.29. The molecule has 108 valence electrons. The molecule has 1 aromatic carbocycles. The van der Waals surface area contributed by atoms with Crippen molar-refractivity contribution in [3.63, 3.8) is 0 Å². The molecule has 1 N–H and O–H groups in total. The van der Waals surface area contributed by atoms with Crippen molar-refractivity contribution in [1.82, 2.24) is 0 Å². The lowest BCUT2D eigenvalue weighted by molar-refractivity contribution is 0.198. The molecule has 0 heterocycles. The molecular formula is C16H26BrNO. The minimum absolute atomic E-state index is 0.433. The second-order valence-corrected chi connectivity index (χ2v) is 5.96. The summed E-state index contributed by atoms with van der Waals surface area (Å²) < 4.78 is 0.989. The number of anilines is 1. The van der Waals surface area contributed by atoms with Gasteiger partial charge >= 0.3 is 0 Å². The van der Waals surface area contributed by atoms with E-state index in [1.54, 1.807) is 6.92 Å². The summed E-state index contributed by atoms with van der Waals surface area (Å²) in [6, 6.07) is 6.24. The first-order valence-corrected chi connectivity index (χ1v) is 8.05.